The Labute approximate surface area is 279 Å². The van der Waals surface area contributed by atoms with Gasteiger partial charge in [0.2, 0.25) is 0 Å². The Morgan fingerprint density at radius 2 is 1.13 bits per heavy atom. The molecule has 0 fully saturated rings. The van der Waals surface area contributed by atoms with Crippen molar-refractivity contribution in [3.63, 3.8) is 0 Å². The van der Waals surface area contributed by atoms with Gasteiger partial charge in [-0.1, -0.05) is 90.0 Å². The van der Waals surface area contributed by atoms with E-state index in [2.05, 4.69) is 22.1 Å². The van der Waals surface area contributed by atoms with Gasteiger partial charge >= 0.3 is 5.97 Å². The van der Waals surface area contributed by atoms with Gasteiger partial charge in [-0.05, 0) is 40.7 Å². The third kappa shape index (κ3) is 10.2. The van der Waals surface area contributed by atoms with Crippen LogP contribution >= 0.6 is 0 Å². The first-order valence-corrected chi connectivity index (χ1v) is 13.4. The van der Waals surface area contributed by atoms with Crippen molar-refractivity contribution in [2.24, 2.45) is 0 Å². The zero-order valence-electron chi connectivity index (χ0n) is 24.0. The number of pyridine rings is 2. The number of aromatic nitrogens is 2. The van der Waals surface area contributed by atoms with Crippen molar-refractivity contribution >= 4 is 5.97 Å². The summed E-state index contributed by atoms with van der Waals surface area (Å²) >= 11 is 0. The molecular formula is C36H22F6IrN2O2-2. The summed E-state index contributed by atoms with van der Waals surface area (Å²) in [5.74, 6) is -3.61. The number of aromatic carboxylic acids is 1. The number of rotatable bonds is 5. The minimum Gasteiger partial charge on any atom is -0.478 e. The van der Waals surface area contributed by atoms with E-state index >= 15 is 0 Å². The van der Waals surface area contributed by atoms with E-state index in [0.29, 0.717) is 22.5 Å². The Morgan fingerprint density at radius 1 is 0.660 bits per heavy atom. The van der Waals surface area contributed by atoms with E-state index in [4.69, 9.17) is 5.11 Å². The summed E-state index contributed by atoms with van der Waals surface area (Å²) in [6, 6.07) is 31.1. The maximum absolute atomic E-state index is 13.2. The van der Waals surface area contributed by atoms with E-state index in [1.54, 1.807) is 67.0 Å². The monoisotopic (exact) mass is 821 g/mol. The number of carbonyl (C=O) groups is 1. The molecule has 0 saturated heterocycles. The fraction of sp³-hybridized carbons (Fsp3) is 0.0278. The van der Waals surface area contributed by atoms with E-state index in [-0.39, 0.29) is 42.4 Å². The van der Waals surface area contributed by atoms with Crippen LogP contribution in [0.3, 0.4) is 0 Å². The zero-order chi connectivity index (χ0) is 33.1. The van der Waals surface area contributed by atoms with Crippen LogP contribution in [-0.2, 0) is 20.1 Å². The molecule has 6 rings (SSSR count). The fourth-order valence-electron chi connectivity index (χ4n) is 4.03. The van der Waals surface area contributed by atoms with E-state index < -0.39 is 35.7 Å². The molecule has 241 valence electrons. The van der Waals surface area contributed by atoms with Gasteiger partial charge in [0.1, 0.15) is 0 Å². The van der Waals surface area contributed by atoms with E-state index in [1.807, 2.05) is 0 Å². The summed E-state index contributed by atoms with van der Waals surface area (Å²) in [4.78, 5) is 18.9. The number of carboxylic acid groups (broad SMARTS) is 1. The van der Waals surface area contributed by atoms with Gasteiger partial charge in [0.15, 0.2) is 0 Å². The van der Waals surface area contributed by atoms with Crippen molar-refractivity contribution in [3.05, 3.63) is 168 Å². The average molecular weight is 821 g/mol. The molecule has 6 aromatic rings. The molecule has 0 aliphatic heterocycles. The molecule has 0 atom stereocenters. The third-order valence-corrected chi connectivity index (χ3v) is 6.19. The van der Waals surface area contributed by atoms with Gasteiger partial charge in [0.25, 0.3) is 6.43 Å². The second-order valence-corrected chi connectivity index (χ2v) is 9.29. The first-order chi connectivity index (χ1) is 22.1. The summed E-state index contributed by atoms with van der Waals surface area (Å²) in [6.45, 7) is 0. The molecule has 0 aliphatic carbocycles. The number of nitrogens with zero attached hydrogens (tertiary/aromatic N) is 2. The first kappa shape index (κ1) is 36.3. The summed E-state index contributed by atoms with van der Waals surface area (Å²) in [6.07, 6.45) is 0.576. The summed E-state index contributed by atoms with van der Waals surface area (Å²) in [5.41, 5.74) is 2.48. The second-order valence-electron chi connectivity index (χ2n) is 9.29. The molecule has 0 unspecified atom stereocenters. The molecule has 4 nitrogen and oxygen atoms in total. The zero-order valence-corrected chi connectivity index (χ0v) is 26.4. The van der Waals surface area contributed by atoms with Crippen molar-refractivity contribution in [2.45, 2.75) is 6.43 Å². The quantitative estimate of drug-likeness (QED) is 0.139. The van der Waals surface area contributed by atoms with Gasteiger partial charge in [-0.3, -0.25) is 17.6 Å². The molecule has 1 radical (unpaired) electrons. The number of hydrogen-bond acceptors (Lipinski definition) is 3. The van der Waals surface area contributed by atoms with Crippen LogP contribution in [0, 0.1) is 35.4 Å². The fourth-order valence-corrected chi connectivity index (χ4v) is 4.03. The van der Waals surface area contributed by atoms with Crippen LogP contribution in [0.15, 0.2) is 122 Å². The molecule has 1 N–H and O–H groups in total. The van der Waals surface area contributed by atoms with Gasteiger partial charge < -0.3 is 15.1 Å². The van der Waals surface area contributed by atoms with Crippen molar-refractivity contribution in [3.8, 4) is 33.6 Å². The van der Waals surface area contributed by atoms with Crippen molar-refractivity contribution in [2.75, 3.05) is 0 Å². The van der Waals surface area contributed by atoms with E-state index in [9.17, 15) is 31.1 Å². The largest absolute Gasteiger partial charge is 0.478 e. The second kappa shape index (κ2) is 17.5. The summed E-state index contributed by atoms with van der Waals surface area (Å²) in [7, 11) is 0. The third-order valence-electron chi connectivity index (χ3n) is 6.19. The molecule has 4 aromatic carbocycles. The van der Waals surface area contributed by atoms with E-state index in [0.717, 1.165) is 24.3 Å². The van der Waals surface area contributed by atoms with Gasteiger partial charge in [0, 0.05) is 61.3 Å². The molecule has 0 saturated carbocycles. The van der Waals surface area contributed by atoms with Gasteiger partial charge in [-0.25, -0.2) is 13.6 Å². The molecular weight excluding hydrogens is 799 g/mol. The van der Waals surface area contributed by atoms with Gasteiger partial charge in [0.05, 0.1) is 5.56 Å². The van der Waals surface area contributed by atoms with Crippen LogP contribution in [0.4, 0.5) is 26.3 Å². The topological polar surface area (TPSA) is 63.1 Å². The molecule has 47 heavy (non-hydrogen) atoms. The number of halogens is 6. The maximum Gasteiger partial charge on any atom is 0.336 e. The Morgan fingerprint density at radius 3 is 1.53 bits per heavy atom. The van der Waals surface area contributed by atoms with Crippen LogP contribution in [0.25, 0.3) is 33.6 Å². The Kier molecular flexibility index (Phi) is 13.6. The van der Waals surface area contributed by atoms with Crippen LogP contribution in [0.2, 0.25) is 0 Å². The Balaban J connectivity index is 0.000000192. The molecule has 2 aromatic heterocycles. The van der Waals surface area contributed by atoms with Crippen molar-refractivity contribution in [1.82, 2.24) is 9.97 Å². The number of carboxylic acids is 1. The van der Waals surface area contributed by atoms with Crippen LogP contribution < -0.4 is 0 Å². The molecule has 0 amide bonds. The Bertz CT molecular complexity index is 1810. The normalized spacial score (nSPS) is 10.1. The number of alkyl halides is 2. The summed E-state index contributed by atoms with van der Waals surface area (Å²) in [5, 5.41) is 9.05. The molecule has 2 heterocycles. The van der Waals surface area contributed by atoms with Crippen molar-refractivity contribution in [1.29, 1.82) is 0 Å². The molecule has 11 heteroatoms. The van der Waals surface area contributed by atoms with Crippen LogP contribution in [-0.4, -0.2) is 21.0 Å². The number of hydrogen-bond donors (Lipinski definition) is 1. The van der Waals surface area contributed by atoms with Crippen molar-refractivity contribution < 1.29 is 56.3 Å². The predicted octanol–water partition coefficient (Wildman–Crippen LogP) is 9.64. The van der Waals surface area contributed by atoms with Gasteiger partial charge in [-0.15, -0.1) is 24.3 Å². The average Bonchev–Trinajstić information content (AvgIpc) is 3.06. The predicted molar refractivity (Wildman–Crippen MR) is 161 cm³/mol. The standard InChI is InChI=1S/C14H10F2O2.2C11H6F2N.Ir/c15-13(16)10-7-5-9(6-8-10)11-3-1-2-4-12(11)14(17)18;2*12-8-4-5-9(10(13)7-8)11-3-1-2-6-14-11;/h1-8,13H,(H,17,18);2*1-4,6-7H;/q;2*-1;. The maximum atomic E-state index is 13.2. The van der Waals surface area contributed by atoms with Gasteiger partial charge in [-0.2, -0.15) is 0 Å². The minimum atomic E-state index is -2.52. The molecule has 0 bridgehead atoms. The smallest absolute Gasteiger partial charge is 0.336 e. The Hall–Kier alpha value is -5.12. The molecule has 0 spiro atoms. The van der Waals surface area contributed by atoms with Crippen LogP contribution in [0.1, 0.15) is 22.3 Å². The number of benzene rings is 4. The SMILES string of the molecule is Fc1c[c-]c(-c2ccccn2)c(F)c1.Fc1c[c-]c(-c2ccccn2)c(F)c1.O=C(O)c1ccccc1-c1ccc(C(F)F)cc1.[Ir]. The first-order valence-electron chi connectivity index (χ1n) is 13.4. The molecule has 0 aliphatic rings. The van der Waals surface area contributed by atoms with Crippen LogP contribution in [0.5, 0.6) is 0 Å². The summed E-state index contributed by atoms with van der Waals surface area (Å²) < 4.78 is 76.4. The van der Waals surface area contributed by atoms with E-state index in [1.165, 1.54) is 30.3 Å². The minimum absolute atomic E-state index is 0.